The molecule has 84 valence electrons. The van der Waals surface area contributed by atoms with Crippen molar-refractivity contribution < 1.29 is 9.59 Å². The predicted molar refractivity (Wildman–Crippen MR) is 61.9 cm³/mol. The van der Waals surface area contributed by atoms with Crippen LogP contribution in [-0.4, -0.2) is 18.4 Å². The third-order valence-electron chi connectivity index (χ3n) is 2.05. The first-order valence-corrected chi connectivity index (χ1v) is 4.90. The van der Waals surface area contributed by atoms with E-state index in [2.05, 4.69) is 11.9 Å². The zero-order valence-corrected chi connectivity index (χ0v) is 8.90. The molecule has 0 aliphatic rings. The minimum absolute atomic E-state index is 0.0771. The van der Waals surface area contributed by atoms with E-state index in [-0.39, 0.29) is 12.3 Å². The Hall–Kier alpha value is -2.10. The minimum Gasteiger partial charge on any atom is -0.366 e. The van der Waals surface area contributed by atoms with Gasteiger partial charge in [0.15, 0.2) is 0 Å². The SMILES string of the molecule is C=CCNC(=O)Cc1ccc(C(N)=O)cc1. The molecule has 0 unspecified atom stereocenters. The number of amides is 2. The van der Waals surface area contributed by atoms with Crippen LogP contribution >= 0.6 is 0 Å². The van der Waals surface area contributed by atoms with Gasteiger partial charge >= 0.3 is 0 Å². The van der Waals surface area contributed by atoms with Gasteiger partial charge in [-0.05, 0) is 17.7 Å². The number of nitrogens with two attached hydrogens (primary N) is 1. The third-order valence-corrected chi connectivity index (χ3v) is 2.05. The standard InChI is InChI=1S/C12H14N2O2/c1-2-7-14-11(15)8-9-3-5-10(6-4-9)12(13)16/h2-6H,1,7-8H2,(H2,13,16)(H,14,15). The largest absolute Gasteiger partial charge is 0.366 e. The third kappa shape index (κ3) is 3.57. The van der Waals surface area contributed by atoms with Crippen molar-refractivity contribution in [2.75, 3.05) is 6.54 Å². The molecule has 0 atom stereocenters. The average molecular weight is 218 g/mol. The Morgan fingerprint density at radius 3 is 2.44 bits per heavy atom. The maximum absolute atomic E-state index is 11.3. The van der Waals surface area contributed by atoms with Crippen LogP contribution in [0.2, 0.25) is 0 Å². The van der Waals surface area contributed by atoms with Crippen LogP contribution in [0.25, 0.3) is 0 Å². The van der Waals surface area contributed by atoms with Crippen molar-refractivity contribution in [1.82, 2.24) is 5.32 Å². The van der Waals surface area contributed by atoms with Crippen molar-refractivity contribution >= 4 is 11.8 Å². The number of nitrogens with one attached hydrogen (secondary N) is 1. The molecule has 0 aliphatic carbocycles. The molecule has 4 heteroatoms. The molecule has 0 heterocycles. The fraction of sp³-hybridized carbons (Fsp3) is 0.167. The molecule has 1 aromatic carbocycles. The maximum Gasteiger partial charge on any atom is 0.248 e. The van der Waals surface area contributed by atoms with Gasteiger partial charge in [-0.2, -0.15) is 0 Å². The summed E-state index contributed by atoms with van der Waals surface area (Å²) in [6.45, 7) is 3.96. The number of benzene rings is 1. The molecule has 2 amide bonds. The highest BCUT2D eigenvalue weighted by Gasteiger charge is 2.03. The van der Waals surface area contributed by atoms with Crippen LogP contribution in [0.5, 0.6) is 0 Å². The molecule has 0 aliphatic heterocycles. The predicted octanol–water partition coefficient (Wildman–Crippen LogP) is 0.630. The molecule has 0 fully saturated rings. The molecule has 0 radical (unpaired) electrons. The summed E-state index contributed by atoms with van der Waals surface area (Å²) >= 11 is 0. The smallest absolute Gasteiger partial charge is 0.248 e. The Bertz CT molecular complexity index is 396. The second-order valence-electron chi connectivity index (χ2n) is 3.33. The Morgan fingerprint density at radius 1 is 1.31 bits per heavy atom. The zero-order chi connectivity index (χ0) is 12.0. The average Bonchev–Trinajstić information content (AvgIpc) is 2.27. The summed E-state index contributed by atoms with van der Waals surface area (Å²) in [7, 11) is 0. The Balaban J connectivity index is 2.58. The van der Waals surface area contributed by atoms with Crippen LogP contribution in [-0.2, 0) is 11.2 Å². The van der Waals surface area contributed by atoms with Gasteiger partial charge in [-0.25, -0.2) is 0 Å². The van der Waals surface area contributed by atoms with E-state index in [1.807, 2.05) is 0 Å². The number of carbonyl (C=O) groups is 2. The molecule has 1 aromatic rings. The molecule has 0 bridgehead atoms. The minimum atomic E-state index is -0.470. The summed E-state index contributed by atoms with van der Waals surface area (Å²) in [5.74, 6) is -0.547. The monoisotopic (exact) mass is 218 g/mol. The fourth-order valence-electron chi connectivity index (χ4n) is 1.22. The van der Waals surface area contributed by atoms with Crippen LogP contribution in [0.1, 0.15) is 15.9 Å². The van der Waals surface area contributed by atoms with Gasteiger partial charge in [0.05, 0.1) is 6.42 Å². The first-order chi connectivity index (χ1) is 7.63. The van der Waals surface area contributed by atoms with Crippen molar-refractivity contribution in [3.8, 4) is 0 Å². The molecular formula is C12H14N2O2. The topological polar surface area (TPSA) is 72.2 Å². The van der Waals surface area contributed by atoms with E-state index in [1.165, 1.54) is 0 Å². The second-order valence-corrected chi connectivity index (χ2v) is 3.33. The summed E-state index contributed by atoms with van der Waals surface area (Å²) in [5.41, 5.74) is 6.38. The van der Waals surface area contributed by atoms with Gasteiger partial charge in [-0.3, -0.25) is 9.59 Å². The molecule has 0 saturated heterocycles. The number of primary amides is 1. The fourth-order valence-corrected chi connectivity index (χ4v) is 1.22. The summed E-state index contributed by atoms with van der Waals surface area (Å²) in [6.07, 6.45) is 1.90. The van der Waals surface area contributed by atoms with Gasteiger partial charge in [0.1, 0.15) is 0 Å². The number of carbonyl (C=O) groups excluding carboxylic acids is 2. The Morgan fingerprint density at radius 2 is 1.94 bits per heavy atom. The van der Waals surface area contributed by atoms with Crippen LogP contribution in [0.15, 0.2) is 36.9 Å². The Kier molecular flexibility index (Phi) is 4.27. The lowest BCUT2D eigenvalue weighted by molar-refractivity contribution is -0.120. The number of hydrogen-bond acceptors (Lipinski definition) is 2. The molecule has 1 rings (SSSR count). The second kappa shape index (κ2) is 5.70. The van der Waals surface area contributed by atoms with Crippen molar-refractivity contribution in [2.24, 2.45) is 5.73 Å². The van der Waals surface area contributed by atoms with Crippen LogP contribution < -0.4 is 11.1 Å². The van der Waals surface area contributed by atoms with Crippen molar-refractivity contribution in [2.45, 2.75) is 6.42 Å². The molecule has 0 aromatic heterocycles. The first-order valence-electron chi connectivity index (χ1n) is 4.90. The van der Waals surface area contributed by atoms with Gasteiger partial charge in [-0.15, -0.1) is 6.58 Å². The molecule has 0 spiro atoms. The van der Waals surface area contributed by atoms with E-state index in [9.17, 15) is 9.59 Å². The number of rotatable bonds is 5. The highest BCUT2D eigenvalue weighted by Crippen LogP contribution is 2.04. The first kappa shape index (κ1) is 12.0. The highest BCUT2D eigenvalue weighted by atomic mass is 16.1. The van der Waals surface area contributed by atoms with Gasteiger partial charge in [0.2, 0.25) is 11.8 Å². The van der Waals surface area contributed by atoms with Gasteiger partial charge in [-0.1, -0.05) is 18.2 Å². The zero-order valence-electron chi connectivity index (χ0n) is 8.90. The van der Waals surface area contributed by atoms with Crippen LogP contribution in [0.3, 0.4) is 0 Å². The van der Waals surface area contributed by atoms with Crippen molar-refractivity contribution in [1.29, 1.82) is 0 Å². The van der Waals surface area contributed by atoms with Crippen molar-refractivity contribution in [3.05, 3.63) is 48.0 Å². The lowest BCUT2D eigenvalue weighted by atomic mass is 10.1. The molecular weight excluding hydrogens is 204 g/mol. The summed E-state index contributed by atoms with van der Waals surface area (Å²) < 4.78 is 0. The molecule has 0 saturated carbocycles. The van der Waals surface area contributed by atoms with E-state index in [0.717, 1.165) is 5.56 Å². The van der Waals surface area contributed by atoms with Crippen LogP contribution in [0.4, 0.5) is 0 Å². The summed E-state index contributed by atoms with van der Waals surface area (Å²) in [4.78, 5) is 22.1. The Labute approximate surface area is 94.1 Å². The molecule has 4 nitrogen and oxygen atoms in total. The van der Waals surface area contributed by atoms with E-state index in [4.69, 9.17) is 5.73 Å². The summed E-state index contributed by atoms with van der Waals surface area (Å²) in [6, 6.07) is 6.65. The number of hydrogen-bond donors (Lipinski definition) is 2. The highest BCUT2D eigenvalue weighted by molar-refractivity contribution is 5.92. The lowest BCUT2D eigenvalue weighted by Gasteiger charge is -2.03. The van der Waals surface area contributed by atoms with E-state index in [0.29, 0.717) is 12.1 Å². The van der Waals surface area contributed by atoms with E-state index in [1.54, 1.807) is 30.3 Å². The van der Waals surface area contributed by atoms with Gasteiger partial charge < -0.3 is 11.1 Å². The van der Waals surface area contributed by atoms with Gasteiger partial charge in [0, 0.05) is 12.1 Å². The van der Waals surface area contributed by atoms with E-state index < -0.39 is 5.91 Å². The molecule has 3 N–H and O–H groups in total. The van der Waals surface area contributed by atoms with Crippen molar-refractivity contribution in [3.63, 3.8) is 0 Å². The normalized spacial score (nSPS) is 9.50. The van der Waals surface area contributed by atoms with Crippen LogP contribution in [0, 0.1) is 0 Å². The summed E-state index contributed by atoms with van der Waals surface area (Å²) in [5, 5.41) is 2.67. The maximum atomic E-state index is 11.3. The van der Waals surface area contributed by atoms with Gasteiger partial charge in [0.25, 0.3) is 0 Å². The lowest BCUT2D eigenvalue weighted by Crippen LogP contribution is -2.24. The van der Waals surface area contributed by atoms with E-state index >= 15 is 0 Å². The molecule has 16 heavy (non-hydrogen) atoms. The quantitative estimate of drug-likeness (QED) is 0.711.